The summed E-state index contributed by atoms with van der Waals surface area (Å²) in [7, 11) is 0. The highest BCUT2D eigenvalue weighted by atomic mass is 35.5. The monoisotopic (exact) mass is 285 g/mol. The van der Waals surface area contributed by atoms with Crippen LogP contribution in [0.1, 0.15) is 10.4 Å². The Morgan fingerprint density at radius 3 is 2.39 bits per heavy atom. The third-order valence-corrected chi connectivity index (χ3v) is 2.98. The van der Waals surface area contributed by atoms with Crippen molar-refractivity contribution in [2.45, 2.75) is 0 Å². The molecule has 1 N–H and O–H groups in total. The quantitative estimate of drug-likeness (QED) is 0.911. The van der Waals surface area contributed by atoms with Crippen molar-refractivity contribution in [3.05, 3.63) is 52.0 Å². The molecule has 0 aliphatic rings. The van der Waals surface area contributed by atoms with Crippen LogP contribution in [0.25, 0.3) is 11.1 Å². The number of pyridine rings is 1. The van der Waals surface area contributed by atoms with Gasteiger partial charge in [0.05, 0.1) is 6.20 Å². The number of aromatic nitrogens is 1. The Morgan fingerprint density at radius 2 is 1.83 bits per heavy atom. The van der Waals surface area contributed by atoms with Crippen molar-refractivity contribution >= 4 is 29.2 Å². The summed E-state index contributed by atoms with van der Waals surface area (Å²) in [5.74, 6) is -2.34. The zero-order valence-corrected chi connectivity index (χ0v) is 10.3. The van der Waals surface area contributed by atoms with Gasteiger partial charge in [0.25, 0.3) is 0 Å². The van der Waals surface area contributed by atoms with E-state index in [0.29, 0.717) is 0 Å². The van der Waals surface area contributed by atoms with Crippen LogP contribution in [0.3, 0.4) is 0 Å². The first kappa shape index (κ1) is 12.8. The number of rotatable bonds is 2. The van der Waals surface area contributed by atoms with Crippen LogP contribution in [0, 0.1) is 5.82 Å². The van der Waals surface area contributed by atoms with E-state index in [2.05, 4.69) is 4.98 Å². The molecule has 1 heterocycles. The van der Waals surface area contributed by atoms with Gasteiger partial charge in [0.2, 0.25) is 0 Å². The fourth-order valence-corrected chi connectivity index (χ4v) is 2.20. The van der Waals surface area contributed by atoms with Crippen molar-refractivity contribution in [1.29, 1.82) is 0 Å². The molecular formula is C12H6Cl2FNO2. The van der Waals surface area contributed by atoms with Crippen molar-refractivity contribution in [1.82, 2.24) is 4.98 Å². The Balaban J connectivity index is 2.80. The average Bonchev–Trinajstić information content (AvgIpc) is 2.28. The number of hydrogen-bond donors (Lipinski definition) is 1. The Labute approximate surface area is 112 Å². The topological polar surface area (TPSA) is 50.2 Å². The number of carbonyl (C=O) groups is 1. The molecular weight excluding hydrogens is 280 g/mol. The van der Waals surface area contributed by atoms with Crippen LogP contribution in [-0.4, -0.2) is 16.1 Å². The Hall–Kier alpha value is -1.65. The maximum absolute atomic E-state index is 13.5. The SMILES string of the molecule is O=C(O)c1c(F)cncc1-c1c(Cl)cccc1Cl. The minimum absolute atomic E-state index is 0.0538. The molecule has 6 heteroatoms. The van der Waals surface area contributed by atoms with E-state index in [1.54, 1.807) is 18.2 Å². The van der Waals surface area contributed by atoms with Gasteiger partial charge in [-0.2, -0.15) is 0 Å². The summed E-state index contributed by atoms with van der Waals surface area (Å²) >= 11 is 11.9. The third-order valence-electron chi connectivity index (χ3n) is 2.35. The molecule has 0 unspecified atom stereocenters. The Bertz CT molecular complexity index is 611. The van der Waals surface area contributed by atoms with E-state index in [4.69, 9.17) is 28.3 Å². The summed E-state index contributed by atoms with van der Waals surface area (Å²) in [5.41, 5.74) is -0.191. The van der Waals surface area contributed by atoms with Crippen molar-refractivity contribution in [3.8, 4) is 11.1 Å². The molecule has 18 heavy (non-hydrogen) atoms. The molecule has 0 amide bonds. The van der Waals surface area contributed by atoms with Gasteiger partial charge in [0, 0.05) is 27.4 Å². The molecule has 0 radical (unpaired) electrons. The summed E-state index contributed by atoms with van der Waals surface area (Å²) in [6.45, 7) is 0. The number of nitrogens with zero attached hydrogens (tertiary/aromatic N) is 1. The molecule has 0 saturated carbocycles. The molecule has 2 rings (SSSR count). The zero-order chi connectivity index (χ0) is 13.3. The standard InChI is InChI=1S/C12H6Cl2FNO2/c13-7-2-1-3-8(14)10(7)6-4-16-5-9(15)11(6)12(17)18/h1-5H,(H,17,18). The number of carboxylic acids is 1. The molecule has 0 fully saturated rings. The lowest BCUT2D eigenvalue weighted by molar-refractivity contribution is 0.0692. The number of halogens is 3. The smallest absolute Gasteiger partial charge is 0.339 e. The normalized spacial score (nSPS) is 10.4. The number of hydrogen-bond acceptors (Lipinski definition) is 2. The summed E-state index contributed by atoms with van der Waals surface area (Å²) in [6.07, 6.45) is 2.05. The van der Waals surface area contributed by atoms with Crippen LogP contribution < -0.4 is 0 Å². The summed E-state index contributed by atoms with van der Waals surface area (Å²) in [5, 5.41) is 9.50. The lowest BCUT2D eigenvalue weighted by Crippen LogP contribution is -2.04. The second-order valence-corrected chi connectivity index (χ2v) is 4.26. The lowest BCUT2D eigenvalue weighted by atomic mass is 10.0. The fourth-order valence-electron chi connectivity index (χ4n) is 1.60. The van der Waals surface area contributed by atoms with Crippen LogP contribution in [0.15, 0.2) is 30.6 Å². The molecule has 1 aromatic carbocycles. The Morgan fingerprint density at radius 1 is 1.22 bits per heavy atom. The second kappa shape index (κ2) is 4.92. The highest BCUT2D eigenvalue weighted by Crippen LogP contribution is 2.36. The Kier molecular flexibility index (Phi) is 3.50. The van der Waals surface area contributed by atoms with E-state index in [1.807, 2.05) is 0 Å². The van der Waals surface area contributed by atoms with Gasteiger partial charge in [-0.25, -0.2) is 9.18 Å². The van der Waals surface area contributed by atoms with Gasteiger partial charge >= 0.3 is 5.97 Å². The summed E-state index contributed by atoms with van der Waals surface area (Å²) in [4.78, 5) is 14.7. The van der Waals surface area contributed by atoms with Crippen molar-refractivity contribution in [2.24, 2.45) is 0 Å². The van der Waals surface area contributed by atoms with Gasteiger partial charge in [-0.15, -0.1) is 0 Å². The largest absolute Gasteiger partial charge is 0.478 e. The van der Waals surface area contributed by atoms with Crippen molar-refractivity contribution in [2.75, 3.05) is 0 Å². The molecule has 0 aliphatic heterocycles. The van der Waals surface area contributed by atoms with Gasteiger partial charge < -0.3 is 5.11 Å². The van der Waals surface area contributed by atoms with Gasteiger partial charge in [-0.05, 0) is 12.1 Å². The molecule has 0 aliphatic carbocycles. The fraction of sp³-hybridized carbons (Fsp3) is 0. The van der Waals surface area contributed by atoms with E-state index in [9.17, 15) is 9.18 Å². The maximum atomic E-state index is 13.5. The van der Waals surface area contributed by atoms with Crippen LogP contribution in [0.5, 0.6) is 0 Å². The minimum Gasteiger partial charge on any atom is -0.478 e. The first-order chi connectivity index (χ1) is 8.52. The van der Waals surface area contributed by atoms with E-state index in [1.165, 1.54) is 6.20 Å². The molecule has 0 atom stereocenters. The summed E-state index contributed by atoms with van der Waals surface area (Å²) in [6, 6.07) is 4.69. The van der Waals surface area contributed by atoms with Gasteiger partial charge in [-0.1, -0.05) is 29.3 Å². The molecule has 92 valence electrons. The van der Waals surface area contributed by atoms with E-state index < -0.39 is 17.3 Å². The summed E-state index contributed by atoms with van der Waals surface area (Å²) < 4.78 is 13.5. The first-order valence-corrected chi connectivity index (χ1v) is 5.59. The molecule has 0 saturated heterocycles. The zero-order valence-electron chi connectivity index (χ0n) is 8.82. The van der Waals surface area contributed by atoms with Crippen LogP contribution >= 0.6 is 23.2 Å². The molecule has 0 spiro atoms. The number of carboxylic acid groups (broad SMARTS) is 1. The van der Waals surface area contributed by atoms with E-state index >= 15 is 0 Å². The third kappa shape index (κ3) is 2.17. The molecule has 3 nitrogen and oxygen atoms in total. The minimum atomic E-state index is -1.40. The number of aromatic carboxylic acids is 1. The van der Waals surface area contributed by atoms with Crippen LogP contribution in [-0.2, 0) is 0 Å². The highest BCUT2D eigenvalue weighted by Gasteiger charge is 2.20. The van der Waals surface area contributed by atoms with Crippen LogP contribution in [0.4, 0.5) is 4.39 Å². The highest BCUT2D eigenvalue weighted by molar-refractivity contribution is 6.39. The average molecular weight is 286 g/mol. The lowest BCUT2D eigenvalue weighted by Gasteiger charge is -2.10. The molecule has 2 aromatic rings. The number of benzene rings is 1. The van der Waals surface area contributed by atoms with Crippen LogP contribution in [0.2, 0.25) is 10.0 Å². The predicted molar refractivity (Wildman–Crippen MR) is 66.6 cm³/mol. The molecule has 1 aromatic heterocycles. The van der Waals surface area contributed by atoms with Crippen molar-refractivity contribution < 1.29 is 14.3 Å². The second-order valence-electron chi connectivity index (χ2n) is 3.45. The predicted octanol–water partition coefficient (Wildman–Crippen LogP) is 3.89. The van der Waals surface area contributed by atoms with Gasteiger partial charge in [-0.3, -0.25) is 4.98 Å². The van der Waals surface area contributed by atoms with Gasteiger partial charge in [0.1, 0.15) is 5.56 Å². The maximum Gasteiger partial charge on any atom is 0.339 e. The first-order valence-electron chi connectivity index (χ1n) is 4.83. The van der Waals surface area contributed by atoms with Gasteiger partial charge in [0.15, 0.2) is 5.82 Å². The van der Waals surface area contributed by atoms with E-state index in [-0.39, 0.29) is 21.2 Å². The van der Waals surface area contributed by atoms with E-state index in [0.717, 1.165) is 6.20 Å². The van der Waals surface area contributed by atoms with Crippen molar-refractivity contribution in [3.63, 3.8) is 0 Å². The molecule has 0 bridgehead atoms.